The number of hydrogen-bond donors (Lipinski definition) is 3. The maximum atomic E-state index is 11.3. The lowest BCUT2D eigenvalue weighted by atomic mass is 10.1. The van der Waals surface area contributed by atoms with Crippen LogP contribution in [0.1, 0.15) is 12.5 Å². The molecule has 0 aliphatic rings. The van der Waals surface area contributed by atoms with E-state index in [1.54, 1.807) is 23.9 Å². The van der Waals surface area contributed by atoms with Crippen LogP contribution < -0.4 is 15.8 Å². The predicted molar refractivity (Wildman–Crippen MR) is 133 cm³/mol. The fourth-order valence-electron chi connectivity index (χ4n) is 2.35. The van der Waals surface area contributed by atoms with Gasteiger partial charge in [0.25, 0.3) is 0 Å². The molecule has 0 fully saturated rings. The normalized spacial score (nSPS) is 11.6. The third-order valence-corrected chi connectivity index (χ3v) is 5.94. The van der Waals surface area contributed by atoms with Gasteiger partial charge >= 0.3 is 0 Å². The first-order valence-electron chi connectivity index (χ1n) is 8.91. The standard InChI is InChI=1S/C19H25ClN4O2S2.HI/c1-2-22-19(24-13-14-27-17-7-5-16(20)6-8-17)23-12-11-15-3-9-18(10-4-15)28(21,25)26;/h3-10H,2,11-14H2,1H3,(H2,21,25,26)(H2,22,23,24);1H. The van der Waals surface area contributed by atoms with Crippen LogP contribution >= 0.6 is 47.3 Å². The zero-order valence-corrected chi connectivity index (χ0v) is 20.8. The summed E-state index contributed by atoms with van der Waals surface area (Å²) in [6.45, 7) is 4.17. The summed E-state index contributed by atoms with van der Waals surface area (Å²) < 4.78 is 22.6. The zero-order valence-electron chi connectivity index (χ0n) is 16.1. The van der Waals surface area contributed by atoms with E-state index in [0.29, 0.717) is 13.0 Å². The van der Waals surface area contributed by atoms with Crippen molar-refractivity contribution < 1.29 is 8.42 Å². The van der Waals surface area contributed by atoms with Gasteiger partial charge in [-0.1, -0.05) is 23.7 Å². The van der Waals surface area contributed by atoms with E-state index < -0.39 is 10.0 Å². The number of rotatable bonds is 9. The average molecular weight is 569 g/mol. The van der Waals surface area contributed by atoms with Gasteiger partial charge in [0.15, 0.2) is 5.96 Å². The molecule has 6 nitrogen and oxygen atoms in total. The van der Waals surface area contributed by atoms with E-state index in [-0.39, 0.29) is 28.9 Å². The highest BCUT2D eigenvalue weighted by Gasteiger charge is 2.06. The molecule has 0 amide bonds. The van der Waals surface area contributed by atoms with Crippen LogP contribution in [0, 0.1) is 0 Å². The zero-order chi connectivity index (χ0) is 20.4. The summed E-state index contributed by atoms with van der Waals surface area (Å²) in [5, 5.41) is 12.4. The van der Waals surface area contributed by atoms with Crippen LogP contribution in [-0.4, -0.2) is 39.8 Å². The minimum absolute atomic E-state index is 0. The minimum Gasteiger partial charge on any atom is -0.357 e. The van der Waals surface area contributed by atoms with Crippen molar-refractivity contribution in [2.45, 2.75) is 23.1 Å². The van der Waals surface area contributed by atoms with Crippen LogP contribution in [0.5, 0.6) is 0 Å². The molecule has 2 rings (SSSR count). The summed E-state index contributed by atoms with van der Waals surface area (Å²) in [4.78, 5) is 5.86. The van der Waals surface area contributed by atoms with Gasteiger partial charge in [-0.3, -0.25) is 4.99 Å². The fraction of sp³-hybridized carbons (Fsp3) is 0.316. The SMILES string of the molecule is CCNC(=NCCc1ccc(S(N)(=O)=O)cc1)NCCSc1ccc(Cl)cc1.I. The Bertz CT molecular complexity index is 876. The molecule has 29 heavy (non-hydrogen) atoms. The molecule has 0 atom stereocenters. The maximum Gasteiger partial charge on any atom is 0.238 e. The van der Waals surface area contributed by atoms with Crippen LogP contribution in [-0.2, 0) is 16.4 Å². The van der Waals surface area contributed by atoms with Crippen molar-refractivity contribution in [3.05, 3.63) is 59.1 Å². The predicted octanol–water partition coefficient (Wildman–Crippen LogP) is 3.50. The van der Waals surface area contributed by atoms with Gasteiger partial charge in [-0.25, -0.2) is 13.6 Å². The van der Waals surface area contributed by atoms with Gasteiger partial charge in [-0.2, -0.15) is 0 Å². The summed E-state index contributed by atoms with van der Waals surface area (Å²) in [5.41, 5.74) is 1.00. The van der Waals surface area contributed by atoms with Crippen molar-refractivity contribution in [3.63, 3.8) is 0 Å². The lowest BCUT2D eigenvalue weighted by Gasteiger charge is -2.11. The fourth-order valence-corrected chi connectivity index (χ4v) is 3.76. The second-order valence-corrected chi connectivity index (χ2v) is 9.09. The number of benzene rings is 2. The molecule has 2 aromatic rings. The monoisotopic (exact) mass is 568 g/mol. The van der Waals surface area contributed by atoms with Crippen LogP contribution in [0.4, 0.5) is 0 Å². The topological polar surface area (TPSA) is 96.6 Å². The van der Waals surface area contributed by atoms with Crippen molar-refractivity contribution in [3.8, 4) is 0 Å². The van der Waals surface area contributed by atoms with Crippen LogP contribution in [0.2, 0.25) is 5.02 Å². The van der Waals surface area contributed by atoms with Crippen molar-refractivity contribution in [2.24, 2.45) is 10.1 Å². The van der Waals surface area contributed by atoms with Gasteiger partial charge in [-0.05, 0) is 55.3 Å². The Morgan fingerprint density at radius 3 is 2.34 bits per heavy atom. The summed E-state index contributed by atoms with van der Waals surface area (Å²) >= 11 is 7.64. The highest BCUT2D eigenvalue weighted by molar-refractivity contribution is 14.0. The number of thioether (sulfide) groups is 1. The molecule has 0 bridgehead atoms. The summed E-state index contributed by atoms with van der Waals surface area (Å²) in [5.74, 6) is 1.67. The number of nitrogens with zero attached hydrogens (tertiary/aromatic N) is 1. The van der Waals surface area contributed by atoms with Gasteiger partial charge in [0.1, 0.15) is 0 Å². The van der Waals surface area contributed by atoms with E-state index in [1.165, 1.54) is 17.0 Å². The van der Waals surface area contributed by atoms with Gasteiger partial charge in [0.2, 0.25) is 10.0 Å². The van der Waals surface area contributed by atoms with Gasteiger partial charge in [0, 0.05) is 35.3 Å². The van der Waals surface area contributed by atoms with E-state index >= 15 is 0 Å². The van der Waals surface area contributed by atoms with Crippen LogP contribution in [0.3, 0.4) is 0 Å². The first kappa shape index (κ1) is 26.0. The molecule has 0 aliphatic carbocycles. The van der Waals surface area contributed by atoms with E-state index in [1.807, 2.05) is 31.2 Å². The van der Waals surface area contributed by atoms with E-state index in [9.17, 15) is 8.42 Å². The smallest absolute Gasteiger partial charge is 0.238 e. The second-order valence-electron chi connectivity index (χ2n) is 5.93. The number of sulfonamides is 1. The largest absolute Gasteiger partial charge is 0.357 e. The quantitative estimate of drug-likeness (QED) is 0.141. The molecule has 0 unspecified atom stereocenters. The Morgan fingerprint density at radius 1 is 1.10 bits per heavy atom. The first-order chi connectivity index (χ1) is 13.4. The van der Waals surface area contributed by atoms with Crippen LogP contribution in [0.25, 0.3) is 0 Å². The van der Waals surface area contributed by atoms with Gasteiger partial charge in [0.05, 0.1) is 4.90 Å². The molecular formula is C19H26ClIN4O2S2. The van der Waals surface area contributed by atoms with Crippen molar-refractivity contribution in [2.75, 3.05) is 25.4 Å². The number of primary sulfonamides is 1. The van der Waals surface area contributed by atoms with Gasteiger partial charge in [-0.15, -0.1) is 35.7 Å². The number of halogens is 2. The highest BCUT2D eigenvalue weighted by atomic mass is 127. The van der Waals surface area contributed by atoms with Gasteiger partial charge < -0.3 is 10.6 Å². The number of aliphatic imine (C=N–C) groups is 1. The summed E-state index contributed by atoms with van der Waals surface area (Å²) in [6, 6.07) is 14.4. The molecule has 160 valence electrons. The number of nitrogens with one attached hydrogen (secondary N) is 2. The van der Waals surface area contributed by atoms with Crippen LogP contribution in [0.15, 0.2) is 63.3 Å². The number of guanidine groups is 1. The molecule has 2 aromatic carbocycles. The summed E-state index contributed by atoms with van der Waals surface area (Å²) in [7, 11) is -3.65. The van der Waals surface area contributed by atoms with Crippen molar-refractivity contribution >= 4 is 63.3 Å². The Balaban J connectivity index is 0.00000420. The molecule has 0 aromatic heterocycles. The maximum absolute atomic E-state index is 11.3. The lowest BCUT2D eigenvalue weighted by Crippen LogP contribution is -2.38. The average Bonchev–Trinajstić information content (AvgIpc) is 2.66. The Labute approximate surface area is 199 Å². The lowest BCUT2D eigenvalue weighted by molar-refractivity contribution is 0.598. The molecule has 4 N–H and O–H groups in total. The second kappa shape index (κ2) is 13.3. The third kappa shape index (κ3) is 10.0. The summed E-state index contributed by atoms with van der Waals surface area (Å²) in [6.07, 6.45) is 0.709. The Kier molecular flexibility index (Phi) is 12.0. The molecule has 10 heteroatoms. The molecular weight excluding hydrogens is 543 g/mol. The molecule has 0 radical (unpaired) electrons. The molecule has 0 spiro atoms. The van der Waals surface area contributed by atoms with Crippen molar-refractivity contribution in [1.29, 1.82) is 0 Å². The molecule has 0 aliphatic heterocycles. The first-order valence-corrected chi connectivity index (χ1v) is 11.8. The molecule has 0 saturated carbocycles. The molecule has 0 heterocycles. The Morgan fingerprint density at radius 2 is 1.76 bits per heavy atom. The third-order valence-electron chi connectivity index (χ3n) is 3.74. The highest BCUT2D eigenvalue weighted by Crippen LogP contribution is 2.19. The van der Waals surface area contributed by atoms with E-state index in [2.05, 4.69) is 15.6 Å². The van der Waals surface area contributed by atoms with E-state index in [4.69, 9.17) is 16.7 Å². The number of nitrogens with two attached hydrogens (primary N) is 1. The Hall–Kier alpha value is -1.01. The molecule has 0 saturated heterocycles. The van der Waals surface area contributed by atoms with E-state index in [0.717, 1.165) is 35.4 Å². The van der Waals surface area contributed by atoms with Crippen molar-refractivity contribution in [1.82, 2.24) is 10.6 Å². The minimum atomic E-state index is -3.65. The number of hydrogen-bond acceptors (Lipinski definition) is 4.